The van der Waals surface area contributed by atoms with Crippen LogP contribution in [0.25, 0.3) is 0 Å². The Kier molecular flexibility index (Phi) is 2.35. The second-order valence-electron chi connectivity index (χ2n) is 7.02. The Bertz CT molecular complexity index is 416. The molecule has 4 saturated carbocycles. The van der Waals surface area contributed by atoms with Gasteiger partial charge in [0, 0.05) is 6.42 Å². The third kappa shape index (κ3) is 1.71. The lowest BCUT2D eigenvalue weighted by Gasteiger charge is -2.56. The van der Waals surface area contributed by atoms with Crippen molar-refractivity contribution in [3.05, 3.63) is 17.8 Å². The van der Waals surface area contributed by atoms with E-state index in [1.807, 2.05) is 6.20 Å². The highest BCUT2D eigenvalue weighted by Crippen LogP contribution is 2.61. The largest absolute Gasteiger partial charge is 0.444 e. The molecule has 5 rings (SSSR count). The average Bonchev–Trinajstić information content (AvgIpc) is 2.74. The maximum atomic E-state index is 5.74. The van der Waals surface area contributed by atoms with E-state index < -0.39 is 0 Å². The Balaban J connectivity index is 1.56. The number of rotatable bonds is 3. The Hall–Kier alpha value is -0.830. The number of aromatic nitrogens is 1. The standard InChI is InChI=1S/C15H22N2O/c16-8-14-17-9-13(18-14)7-15-4-10-1-11(5-15)3-12(2-10)6-15/h9-12H,1-8,16H2. The van der Waals surface area contributed by atoms with Crippen LogP contribution in [0.3, 0.4) is 0 Å². The molecule has 2 N–H and O–H groups in total. The smallest absolute Gasteiger partial charge is 0.208 e. The zero-order valence-electron chi connectivity index (χ0n) is 10.9. The summed E-state index contributed by atoms with van der Waals surface area (Å²) in [5.41, 5.74) is 6.11. The SMILES string of the molecule is NCc1ncc(CC23CC4CC(CC(C4)C2)C3)o1. The normalized spacial score (nSPS) is 41.5. The second kappa shape index (κ2) is 3.83. The van der Waals surface area contributed by atoms with Gasteiger partial charge in [0.05, 0.1) is 12.7 Å². The first-order valence-electron chi connectivity index (χ1n) is 7.38. The molecule has 18 heavy (non-hydrogen) atoms. The summed E-state index contributed by atoms with van der Waals surface area (Å²) in [5.74, 6) is 4.78. The van der Waals surface area contributed by atoms with E-state index in [0.717, 1.165) is 29.9 Å². The van der Waals surface area contributed by atoms with Gasteiger partial charge in [0.1, 0.15) is 5.76 Å². The Morgan fingerprint density at radius 1 is 1.17 bits per heavy atom. The average molecular weight is 246 g/mol. The maximum Gasteiger partial charge on any atom is 0.208 e. The summed E-state index contributed by atoms with van der Waals surface area (Å²) < 4.78 is 5.74. The van der Waals surface area contributed by atoms with E-state index in [2.05, 4.69) is 4.98 Å². The van der Waals surface area contributed by atoms with Crippen LogP contribution in [0.15, 0.2) is 10.6 Å². The molecule has 1 aromatic rings. The molecule has 0 aromatic carbocycles. The van der Waals surface area contributed by atoms with Gasteiger partial charge in [-0.1, -0.05) is 0 Å². The molecular weight excluding hydrogens is 224 g/mol. The molecule has 1 aromatic heterocycles. The van der Waals surface area contributed by atoms with Gasteiger partial charge in [-0.25, -0.2) is 4.98 Å². The number of nitrogens with two attached hydrogens (primary N) is 1. The van der Waals surface area contributed by atoms with Crippen LogP contribution in [0.2, 0.25) is 0 Å². The Morgan fingerprint density at radius 2 is 1.78 bits per heavy atom. The molecule has 0 unspecified atom stereocenters. The molecule has 3 heteroatoms. The molecule has 4 fully saturated rings. The summed E-state index contributed by atoms with van der Waals surface area (Å²) in [4.78, 5) is 4.24. The lowest BCUT2D eigenvalue weighted by atomic mass is 9.49. The fourth-order valence-electron chi connectivity index (χ4n) is 5.40. The van der Waals surface area contributed by atoms with Crippen molar-refractivity contribution >= 4 is 0 Å². The van der Waals surface area contributed by atoms with Crippen LogP contribution < -0.4 is 5.73 Å². The summed E-state index contributed by atoms with van der Waals surface area (Å²) in [6.07, 6.45) is 11.8. The van der Waals surface area contributed by atoms with E-state index in [4.69, 9.17) is 10.2 Å². The molecule has 0 atom stereocenters. The van der Waals surface area contributed by atoms with Crippen molar-refractivity contribution in [3.63, 3.8) is 0 Å². The second-order valence-corrected chi connectivity index (χ2v) is 7.02. The van der Waals surface area contributed by atoms with Crippen molar-refractivity contribution in [2.24, 2.45) is 28.9 Å². The molecular formula is C15H22N2O. The van der Waals surface area contributed by atoms with Crippen LogP contribution in [-0.2, 0) is 13.0 Å². The topological polar surface area (TPSA) is 52.0 Å². The Labute approximate surface area is 108 Å². The zero-order chi connectivity index (χ0) is 12.2. The van der Waals surface area contributed by atoms with E-state index in [1.54, 1.807) is 0 Å². The van der Waals surface area contributed by atoms with Crippen LogP contribution in [0.4, 0.5) is 0 Å². The first-order valence-corrected chi connectivity index (χ1v) is 7.38. The minimum absolute atomic E-state index is 0.418. The van der Waals surface area contributed by atoms with Crippen LogP contribution in [0, 0.1) is 23.2 Å². The lowest BCUT2D eigenvalue weighted by molar-refractivity contribution is -0.0545. The predicted octanol–water partition coefficient (Wildman–Crippen LogP) is 2.89. The van der Waals surface area contributed by atoms with Crippen LogP contribution >= 0.6 is 0 Å². The maximum absolute atomic E-state index is 5.74. The molecule has 1 heterocycles. The van der Waals surface area contributed by atoms with Gasteiger partial charge in [-0.15, -0.1) is 0 Å². The first kappa shape index (κ1) is 11.0. The quantitative estimate of drug-likeness (QED) is 0.892. The van der Waals surface area contributed by atoms with Crippen molar-refractivity contribution in [2.75, 3.05) is 0 Å². The minimum Gasteiger partial charge on any atom is -0.444 e. The van der Waals surface area contributed by atoms with Crippen LogP contribution in [-0.4, -0.2) is 4.98 Å². The van der Waals surface area contributed by atoms with Gasteiger partial charge in [0.25, 0.3) is 0 Å². The van der Waals surface area contributed by atoms with Crippen molar-refractivity contribution in [2.45, 2.75) is 51.5 Å². The first-order chi connectivity index (χ1) is 8.75. The monoisotopic (exact) mass is 246 g/mol. The molecule has 0 amide bonds. The Morgan fingerprint density at radius 3 is 2.28 bits per heavy atom. The summed E-state index contributed by atoms with van der Waals surface area (Å²) in [6.45, 7) is 0.418. The summed E-state index contributed by atoms with van der Waals surface area (Å²) in [6, 6.07) is 0. The third-order valence-electron chi connectivity index (χ3n) is 5.49. The molecule has 0 saturated heterocycles. The fourth-order valence-corrected chi connectivity index (χ4v) is 5.40. The molecule has 4 bridgehead atoms. The number of hydrogen-bond donors (Lipinski definition) is 1. The van der Waals surface area contributed by atoms with E-state index in [9.17, 15) is 0 Å². The third-order valence-corrected chi connectivity index (χ3v) is 5.49. The minimum atomic E-state index is 0.418. The molecule has 3 nitrogen and oxygen atoms in total. The van der Waals surface area contributed by atoms with Gasteiger partial charge in [-0.05, 0) is 61.7 Å². The van der Waals surface area contributed by atoms with Gasteiger partial charge in [-0.2, -0.15) is 0 Å². The van der Waals surface area contributed by atoms with Gasteiger partial charge in [0.15, 0.2) is 0 Å². The van der Waals surface area contributed by atoms with Gasteiger partial charge in [-0.3, -0.25) is 0 Å². The lowest BCUT2D eigenvalue weighted by Crippen LogP contribution is -2.46. The highest BCUT2D eigenvalue weighted by atomic mass is 16.4. The van der Waals surface area contributed by atoms with Crippen molar-refractivity contribution in [3.8, 4) is 0 Å². The van der Waals surface area contributed by atoms with Gasteiger partial charge in [0.2, 0.25) is 5.89 Å². The summed E-state index contributed by atoms with van der Waals surface area (Å²) >= 11 is 0. The fraction of sp³-hybridized carbons (Fsp3) is 0.800. The van der Waals surface area contributed by atoms with Crippen LogP contribution in [0.5, 0.6) is 0 Å². The summed E-state index contributed by atoms with van der Waals surface area (Å²) in [5, 5.41) is 0. The van der Waals surface area contributed by atoms with Crippen molar-refractivity contribution in [1.82, 2.24) is 4.98 Å². The van der Waals surface area contributed by atoms with E-state index in [0.29, 0.717) is 17.9 Å². The number of oxazole rings is 1. The number of nitrogens with zero attached hydrogens (tertiary/aromatic N) is 1. The molecule has 0 radical (unpaired) electrons. The van der Waals surface area contributed by atoms with E-state index >= 15 is 0 Å². The highest BCUT2D eigenvalue weighted by molar-refractivity contribution is 5.07. The van der Waals surface area contributed by atoms with Crippen molar-refractivity contribution in [1.29, 1.82) is 0 Å². The summed E-state index contributed by atoms with van der Waals surface area (Å²) in [7, 11) is 0. The molecule has 0 aliphatic heterocycles. The van der Waals surface area contributed by atoms with Crippen LogP contribution in [0.1, 0.15) is 50.2 Å². The molecule has 4 aliphatic rings. The molecule has 4 aliphatic carbocycles. The van der Waals surface area contributed by atoms with E-state index in [-0.39, 0.29) is 0 Å². The number of hydrogen-bond acceptors (Lipinski definition) is 3. The van der Waals surface area contributed by atoms with Gasteiger partial charge < -0.3 is 10.2 Å². The highest BCUT2D eigenvalue weighted by Gasteiger charge is 2.51. The van der Waals surface area contributed by atoms with E-state index in [1.165, 1.54) is 38.5 Å². The predicted molar refractivity (Wildman–Crippen MR) is 68.7 cm³/mol. The zero-order valence-corrected chi connectivity index (χ0v) is 10.9. The van der Waals surface area contributed by atoms with Gasteiger partial charge >= 0.3 is 0 Å². The van der Waals surface area contributed by atoms with Crippen molar-refractivity contribution < 1.29 is 4.42 Å². The molecule has 98 valence electrons. The molecule has 0 spiro atoms.